The van der Waals surface area contributed by atoms with Gasteiger partial charge in [-0.2, -0.15) is 0 Å². The first-order chi connectivity index (χ1) is 20.3. The third-order valence-electron chi connectivity index (χ3n) is 6.58. The van der Waals surface area contributed by atoms with Crippen LogP contribution >= 0.6 is 0 Å². The van der Waals surface area contributed by atoms with Gasteiger partial charge >= 0.3 is 5.97 Å². The Labute approximate surface area is 251 Å². The van der Waals surface area contributed by atoms with Crippen LogP contribution in [0, 0.1) is 5.92 Å². The van der Waals surface area contributed by atoms with Crippen molar-refractivity contribution < 1.29 is 42.7 Å². The first kappa shape index (κ1) is 40.2. The van der Waals surface area contributed by atoms with Crippen LogP contribution in [0.2, 0.25) is 0 Å². The van der Waals surface area contributed by atoms with Crippen LogP contribution in [0.4, 0.5) is 0 Å². The summed E-state index contributed by atoms with van der Waals surface area (Å²) in [5.41, 5.74) is 0. The molecular weight excluding hydrogens is 528 g/mol. The average molecular weight is 593 g/mol. The second-order valence-corrected chi connectivity index (χ2v) is 10.2. The van der Waals surface area contributed by atoms with Crippen molar-refractivity contribution in [3.05, 3.63) is 0 Å². The third-order valence-corrected chi connectivity index (χ3v) is 6.58. The fourth-order valence-corrected chi connectivity index (χ4v) is 4.02. The van der Waals surface area contributed by atoms with Crippen molar-refractivity contribution in [3.63, 3.8) is 0 Å². The molecule has 0 amide bonds. The zero-order valence-corrected chi connectivity index (χ0v) is 26.8. The molecule has 0 fully saturated rings. The van der Waals surface area contributed by atoms with Gasteiger partial charge < -0.3 is 37.9 Å². The Morgan fingerprint density at radius 2 is 0.756 bits per heavy atom. The molecule has 0 aromatic carbocycles. The van der Waals surface area contributed by atoms with Crippen LogP contribution in [-0.2, 0) is 42.7 Å². The molecule has 0 aromatic heterocycles. The molecule has 9 nitrogen and oxygen atoms in total. The van der Waals surface area contributed by atoms with Gasteiger partial charge in [-0.1, -0.05) is 78.6 Å². The fraction of sp³-hybridized carbons (Fsp3) is 0.969. The molecule has 1 atom stereocenters. The molecule has 246 valence electrons. The van der Waals surface area contributed by atoms with E-state index in [1.807, 2.05) is 6.92 Å². The molecule has 0 aliphatic heterocycles. The van der Waals surface area contributed by atoms with Crippen molar-refractivity contribution in [3.8, 4) is 0 Å². The molecule has 0 saturated carbocycles. The monoisotopic (exact) mass is 592 g/mol. The summed E-state index contributed by atoms with van der Waals surface area (Å²) in [6, 6.07) is 0. The highest BCUT2D eigenvalue weighted by Crippen LogP contribution is 2.14. The van der Waals surface area contributed by atoms with Crippen molar-refractivity contribution in [2.24, 2.45) is 5.92 Å². The quantitative estimate of drug-likeness (QED) is 0.0649. The van der Waals surface area contributed by atoms with Crippen molar-refractivity contribution in [1.82, 2.24) is 0 Å². The van der Waals surface area contributed by atoms with Crippen LogP contribution in [0.15, 0.2) is 0 Å². The number of rotatable bonds is 35. The van der Waals surface area contributed by atoms with Crippen molar-refractivity contribution in [1.29, 1.82) is 0 Å². The zero-order valence-electron chi connectivity index (χ0n) is 26.8. The number of unbranched alkanes of at least 4 members (excludes halogenated alkanes) is 8. The summed E-state index contributed by atoms with van der Waals surface area (Å²) in [5.74, 6) is -0.104. The van der Waals surface area contributed by atoms with Crippen LogP contribution in [0.25, 0.3) is 0 Å². The predicted molar refractivity (Wildman–Crippen MR) is 163 cm³/mol. The SMILES string of the molecule is CCCCCCCCCCOCCOCCOCCOCCOCCOCCOCCOC(=O)C(CC)CCCC. The minimum atomic E-state index is -0.111. The van der Waals surface area contributed by atoms with E-state index in [0.717, 1.165) is 38.7 Å². The van der Waals surface area contributed by atoms with Gasteiger partial charge in [-0.05, 0) is 19.3 Å². The summed E-state index contributed by atoms with van der Waals surface area (Å²) in [4.78, 5) is 12.0. The largest absolute Gasteiger partial charge is 0.463 e. The normalized spacial score (nSPS) is 12.2. The summed E-state index contributed by atoms with van der Waals surface area (Å²) >= 11 is 0. The van der Waals surface area contributed by atoms with E-state index in [1.54, 1.807) is 0 Å². The second-order valence-electron chi connectivity index (χ2n) is 10.2. The Bertz CT molecular complexity index is 508. The molecule has 0 aliphatic carbocycles. The summed E-state index contributed by atoms with van der Waals surface area (Å²) < 4.78 is 43.8. The van der Waals surface area contributed by atoms with E-state index in [2.05, 4.69) is 13.8 Å². The van der Waals surface area contributed by atoms with E-state index < -0.39 is 0 Å². The van der Waals surface area contributed by atoms with Gasteiger partial charge in [0.2, 0.25) is 0 Å². The molecule has 0 aromatic rings. The molecule has 0 rings (SSSR count). The lowest BCUT2D eigenvalue weighted by Gasteiger charge is -2.13. The molecule has 9 heteroatoms. The molecule has 0 bridgehead atoms. The highest BCUT2D eigenvalue weighted by molar-refractivity contribution is 5.72. The molecule has 0 N–H and O–H groups in total. The van der Waals surface area contributed by atoms with Crippen molar-refractivity contribution >= 4 is 5.97 Å². The third kappa shape index (κ3) is 31.9. The lowest BCUT2D eigenvalue weighted by molar-refractivity contribution is -0.150. The van der Waals surface area contributed by atoms with Crippen LogP contribution in [-0.4, -0.2) is 105 Å². The van der Waals surface area contributed by atoms with Crippen LogP contribution in [0.1, 0.15) is 97.8 Å². The van der Waals surface area contributed by atoms with Crippen LogP contribution in [0.3, 0.4) is 0 Å². The molecule has 0 aliphatic rings. The minimum absolute atomic E-state index is 0.00651. The Kier molecular flexibility index (Phi) is 34.7. The van der Waals surface area contributed by atoms with Gasteiger partial charge in [-0.25, -0.2) is 0 Å². The van der Waals surface area contributed by atoms with E-state index >= 15 is 0 Å². The maximum Gasteiger partial charge on any atom is 0.308 e. The first-order valence-electron chi connectivity index (χ1n) is 16.5. The lowest BCUT2D eigenvalue weighted by atomic mass is 10.00. The van der Waals surface area contributed by atoms with Gasteiger partial charge in [-0.15, -0.1) is 0 Å². The lowest BCUT2D eigenvalue weighted by Crippen LogP contribution is -2.20. The van der Waals surface area contributed by atoms with Crippen LogP contribution in [0.5, 0.6) is 0 Å². The van der Waals surface area contributed by atoms with E-state index in [0.29, 0.717) is 85.9 Å². The number of hydrogen-bond acceptors (Lipinski definition) is 9. The van der Waals surface area contributed by atoms with E-state index in [-0.39, 0.29) is 18.5 Å². The molecule has 1 unspecified atom stereocenters. The van der Waals surface area contributed by atoms with E-state index in [4.69, 9.17) is 37.9 Å². The van der Waals surface area contributed by atoms with Gasteiger partial charge in [-0.3, -0.25) is 4.79 Å². The van der Waals surface area contributed by atoms with Crippen molar-refractivity contribution in [2.75, 3.05) is 99.1 Å². The van der Waals surface area contributed by atoms with Gasteiger partial charge in [0.05, 0.1) is 91.8 Å². The fourth-order valence-electron chi connectivity index (χ4n) is 4.02. The number of hydrogen-bond donors (Lipinski definition) is 0. The minimum Gasteiger partial charge on any atom is -0.463 e. The van der Waals surface area contributed by atoms with Crippen LogP contribution < -0.4 is 0 Å². The number of carbonyl (C=O) groups is 1. The average Bonchev–Trinajstić information content (AvgIpc) is 2.98. The second kappa shape index (κ2) is 35.4. The number of carbonyl (C=O) groups excluding carboxylic acids is 1. The number of esters is 1. The molecule has 0 heterocycles. The van der Waals surface area contributed by atoms with E-state index in [1.165, 1.54) is 44.9 Å². The first-order valence-corrected chi connectivity index (χ1v) is 16.5. The molecule has 41 heavy (non-hydrogen) atoms. The Morgan fingerprint density at radius 1 is 0.415 bits per heavy atom. The predicted octanol–water partition coefficient (Wildman–Crippen LogP) is 6.00. The van der Waals surface area contributed by atoms with Gasteiger partial charge in [0.1, 0.15) is 6.61 Å². The molecule has 0 radical (unpaired) electrons. The smallest absolute Gasteiger partial charge is 0.308 e. The van der Waals surface area contributed by atoms with Gasteiger partial charge in [0, 0.05) is 6.61 Å². The summed E-state index contributed by atoms with van der Waals surface area (Å²) in [7, 11) is 0. The maximum absolute atomic E-state index is 12.0. The van der Waals surface area contributed by atoms with Gasteiger partial charge in [0.15, 0.2) is 0 Å². The molecule has 0 spiro atoms. The standard InChI is InChI=1S/C32H64O9/c1-4-7-9-10-11-12-13-14-16-34-17-18-35-19-20-36-21-22-37-23-24-38-25-26-39-27-28-40-29-30-41-32(33)31(6-3)15-8-5-2/h31H,4-30H2,1-3H3. The van der Waals surface area contributed by atoms with Gasteiger partial charge in [0.25, 0.3) is 0 Å². The highest BCUT2D eigenvalue weighted by Gasteiger charge is 2.16. The number of ether oxygens (including phenoxy) is 8. The molecular formula is C32H64O9. The summed E-state index contributed by atoms with van der Waals surface area (Å²) in [5, 5.41) is 0. The maximum atomic E-state index is 12.0. The summed E-state index contributed by atoms with van der Waals surface area (Å²) in [6.07, 6.45) is 14.4. The highest BCUT2D eigenvalue weighted by atomic mass is 16.6. The zero-order chi connectivity index (χ0) is 29.9. The Balaban J connectivity index is 3.15. The molecule has 0 saturated heterocycles. The Morgan fingerprint density at radius 3 is 1.15 bits per heavy atom. The van der Waals surface area contributed by atoms with E-state index in [9.17, 15) is 4.79 Å². The van der Waals surface area contributed by atoms with Crippen molar-refractivity contribution in [2.45, 2.75) is 97.8 Å². The topological polar surface area (TPSA) is 90.9 Å². The Hall–Kier alpha value is -0.810. The summed E-state index contributed by atoms with van der Waals surface area (Å²) in [6.45, 7) is 14.4.